The zero-order chi connectivity index (χ0) is 16.2. The summed E-state index contributed by atoms with van der Waals surface area (Å²) in [5.74, 6) is 0. The van der Waals surface area contributed by atoms with Gasteiger partial charge < -0.3 is 4.40 Å². The van der Waals surface area contributed by atoms with Crippen LogP contribution in [0.4, 0.5) is 0 Å². The molecule has 0 aliphatic heterocycles. The van der Waals surface area contributed by atoms with Crippen molar-refractivity contribution in [2.24, 2.45) is 0 Å². The molecule has 0 spiro atoms. The van der Waals surface area contributed by atoms with E-state index < -0.39 is 0 Å². The van der Waals surface area contributed by atoms with Gasteiger partial charge in [-0.2, -0.15) is 5.26 Å². The van der Waals surface area contributed by atoms with Crippen molar-refractivity contribution < 1.29 is 0 Å². The first-order valence-corrected chi connectivity index (χ1v) is 8.13. The van der Waals surface area contributed by atoms with Gasteiger partial charge in [-0.15, -0.1) is 0 Å². The van der Waals surface area contributed by atoms with Gasteiger partial charge in [-0.3, -0.25) is 4.98 Å². The summed E-state index contributed by atoms with van der Waals surface area (Å²) in [4.78, 5) is 4.64. The van der Waals surface area contributed by atoms with E-state index in [4.69, 9.17) is 5.26 Å². The van der Waals surface area contributed by atoms with Crippen LogP contribution in [0, 0.1) is 18.3 Å². The Labute approximate surface area is 137 Å². The molecule has 23 heavy (non-hydrogen) atoms. The van der Waals surface area contributed by atoms with E-state index in [0.717, 1.165) is 30.7 Å². The second-order valence-corrected chi connectivity index (χ2v) is 5.82. The number of fused-ring (bicyclic) bond motifs is 1. The molecule has 0 saturated heterocycles. The molecule has 2 aromatic heterocycles. The molecule has 0 fully saturated rings. The van der Waals surface area contributed by atoms with Crippen molar-refractivity contribution in [2.45, 2.75) is 39.5 Å². The first kappa shape index (κ1) is 15.3. The van der Waals surface area contributed by atoms with Gasteiger partial charge in [0.15, 0.2) is 0 Å². The van der Waals surface area contributed by atoms with Crippen LogP contribution in [0.25, 0.3) is 5.52 Å². The van der Waals surface area contributed by atoms with E-state index in [9.17, 15) is 0 Å². The predicted octanol–water partition coefficient (Wildman–Crippen LogP) is 4.06. The van der Waals surface area contributed by atoms with E-state index >= 15 is 0 Å². The monoisotopic (exact) mass is 303 g/mol. The zero-order valence-electron chi connectivity index (χ0n) is 13.7. The van der Waals surface area contributed by atoms with Crippen molar-refractivity contribution in [2.75, 3.05) is 0 Å². The maximum Gasteiger partial charge on any atom is 0.0761 e. The minimum absolute atomic E-state index is 0.440. The van der Waals surface area contributed by atoms with Crippen LogP contribution in [0.3, 0.4) is 0 Å². The number of nitrogens with zero attached hydrogens (tertiary/aromatic N) is 3. The lowest BCUT2D eigenvalue weighted by molar-refractivity contribution is 0.897. The molecule has 0 saturated carbocycles. The molecule has 0 radical (unpaired) electrons. The van der Waals surface area contributed by atoms with E-state index in [0.29, 0.717) is 6.42 Å². The first-order valence-electron chi connectivity index (χ1n) is 8.13. The molecule has 3 heteroatoms. The normalized spacial score (nSPS) is 10.8. The minimum Gasteiger partial charge on any atom is -0.316 e. The summed E-state index contributed by atoms with van der Waals surface area (Å²) in [6.07, 6.45) is 7.14. The summed E-state index contributed by atoms with van der Waals surface area (Å²) >= 11 is 0. The molecule has 0 unspecified atom stereocenters. The Kier molecular flexibility index (Phi) is 4.43. The van der Waals surface area contributed by atoms with Crippen LogP contribution in [0.1, 0.15) is 35.0 Å². The van der Waals surface area contributed by atoms with Gasteiger partial charge in [-0.05, 0) is 42.9 Å². The van der Waals surface area contributed by atoms with Gasteiger partial charge in [0.05, 0.1) is 23.7 Å². The zero-order valence-corrected chi connectivity index (χ0v) is 13.7. The second-order valence-electron chi connectivity index (χ2n) is 5.82. The smallest absolute Gasteiger partial charge is 0.0761 e. The third-order valence-corrected chi connectivity index (χ3v) is 4.52. The number of nitriles is 1. The third-order valence-electron chi connectivity index (χ3n) is 4.52. The van der Waals surface area contributed by atoms with Crippen molar-refractivity contribution in [3.05, 3.63) is 70.8 Å². The minimum atomic E-state index is 0.440. The highest BCUT2D eigenvalue weighted by Gasteiger charge is 2.16. The van der Waals surface area contributed by atoms with Gasteiger partial charge in [0, 0.05) is 18.1 Å². The third kappa shape index (κ3) is 2.85. The van der Waals surface area contributed by atoms with Crippen LogP contribution in [0.2, 0.25) is 0 Å². The van der Waals surface area contributed by atoms with Gasteiger partial charge in [0.25, 0.3) is 0 Å². The molecule has 1 aromatic carbocycles. The van der Waals surface area contributed by atoms with Crippen LogP contribution in [0.5, 0.6) is 0 Å². The molecule has 0 N–H and O–H groups in total. The van der Waals surface area contributed by atoms with Gasteiger partial charge in [0.1, 0.15) is 0 Å². The van der Waals surface area contributed by atoms with Crippen LogP contribution < -0.4 is 0 Å². The van der Waals surface area contributed by atoms with Gasteiger partial charge in [-0.1, -0.05) is 37.3 Å². The van der Waals surface area contributed by atoms with Gasteiger partial charge in [-0.25, -0.2) is 0 Å². The lowest BCUT2D eigenvalue weighted by atomic mass is 10.0. The summed E-state index contributed by atoms with van der Waals surface area (Å²) in [5, 5.41) is 9.13. The quantitative estimate of drug-likeness (QED) is 0.713. The van der Waals surface area contributed by atoms with Crippen molar-refractivity contribution in [1.29, 1.82) is 5.26 Å². The highest BCUT2D eigenvalue weighted by Crippen LogP contribution is 2.26. The molecule has 3 nitrogen and oxygen atoms in total. The standard InChI is InChI=1S/C20H21N3/c1-3-17-15(2)19(11-12-21)23-14-13-22-18(20(17)23)10-9-16-7-5-4-6-8-16/h4-8,13-14H,3,9-11H2,1-2H3. The van der Waals surface area contributed by atoms with Crippen LogP contribution in [0.15, 0.2) is 42.7 Å². The lowest BCUT2D eigenvalue weighted by Gasteiger charge is -2.07. The first-order chi connectivity index (χ1) is 11.3. The Morgan fingerprint density at radius 3 is 2.65 bits per heavy atom. The van der Waals surface area contributed by atoms with Crippen LogP contribution in [-0.4, -0.2) is 9.38 Å². The van der Waals surface area contributed by atoms with Crippen molar-refractivity contribution in [1.82, 2.24) is 9.38 Å². The Bertz CT molecular complexity index is 854. The Morgan fingerprint density at radius 1 is 1.17 bits per heavy atom. The molecule has 0 aliphatic rings. The summed E-state index contributed by atoms with van der Waals surface area (Å²) in [7, 11) is 0. The Morgan fingerprint density at radius 2 is 1.96 bits per heavy atom. The summed E-state index contributed by atoms with van der Waals surface area (Å²) < 4.78 is 2.17. The fraction of sp³-hybridized carbons (Fsp3) is 0.300. The van der Waals surface area contributed by atoms with E-state index in [1.54, 1.807) is 0 Å². The molecule has 3 aromatic rings. The van der Waals surface area contributed by atoms with E-state index in [2.05, 4.69) is 53.6 Å². The molecule has 0 amide bonds. The summed E-state index contributed by atoms with van der Waals surface area (Å²) in [6, 6.07) is 12.8. The Hall–Kier alpha value is -2.60. The number of hydrogen-bond donors (Lipinski definition) is 0. The number of benzene rings is 1. The topological polar surface area (TPSA) is 41.1 Å². The maximum absolute atomic E-state index is 9.13. The van der Waals surface area contributed by atoms with E-state index in [1.165, 1.54) is 22.2 Å². The van der Waals surface area contributed by atoms with E-state index in [1.807, 2.05) is 18.5 Å². The maximum atomic E-state index is 9.13. The SMILES string of the molecule is CCc1c(C)c(CC#N)n2ccnc(CCc3ccccc3)c12. The average Bonchev–Trinajstić information content (AvgIpc) is 2.86. The van der Waals surface area contributed by atoms with E-state index in [-0.39, 0.29) is 0 Å². The Balaban J connectivity index is 2.04. The van der Waals surface area contributed by atoms with Crippen LogP contribution >= 0.6 is 0 Å². The number of aromatic nitrogens is 2. The molecule has 116 valence electrons. The summed E-state index contributed by atoms with van der Waals surface area (Å²) in [6.45, 7) is 4.30. The second kappa shape index (κ2) is 6.66. The number of aryl methyl sites for hydroxylation is 3. The fourth-order valence-electron chi connectivity index (χ4n) is 3.36. The predicted molar refractivity (Wildman–Crippen MR) is 92.5 cm³/mol. The molecule has 2 heterocycles. The molecule has 0 atom stereocenters. The van der Waals surface area contributed by atoms with Gasteiger partial charge >= 0.3 is 0 Å². The van der Waals surface area contributed by atoms with Crippen molar-refractivity contribution >= 4 is 5.52 Å². The number of rotatable bonds is 5. The van der Waals surface area contributed by atoms with Crippen molar-refractivity contribution in [3.63, 3.8) is 0 Å². The number of hydrogen-bond acceptors (Lipinski definition) is 2. The van der Waals surface area contributed by atoms with Crippen molar-refractivity contribution in [3.8, 4) is 6.07 Å². The fourth-order valence-corrected chi connectivity index (χ4v) is 3.36. The lowest BCUT2D eigenvalue weighted by Crippen LogP contribution is -2.01. The molecule has 0 bridgehead atoms. The van der Waals surface area contributed by atoms with Crippen LogP contribution in [-0.2, 0) is 25.7 Å². The largest absolute Gasteiger partial charge is 0.316 e. The highest BCUT2D eigenvalue weighted by molar-refractivity contribution is 5.65. The highest BCUT2D eigenvalue weighted by atomic mass is 14.9. The molecular weight excluding hydrogens is 282 g/mol. The molecule has 3 rings (SSSR count). The average molecular weight is 303 g/mol. The molecular formula is C20H21N3. The van der Waals surface area contributed by atoms with Gasteiger partial charge in [0.2, 0.25) is 0 Å². The molecule has 0 aliphatic carbocycles. The summed E-state index contributed by atoms with van der Waals surface area (Å²) in [5.41, 5.74) is 7.32.